The van der Waals surface area contributed by atoms with E-state index < -0.39 is 0 Å². The number of hydrogen-bond donors (Lipinski definition) is 1. The van der Waals surface area contributed by atoms with Crippen LogP contribution in [0.4, 0.5) is 10.2 Å². The van der Waals surface area contributed by atoms with Gasteiger partial charge in [0.25, 0.3) is 0 Å². The van der Waals surface area contributed by atoms with Crippen molar-refractivity contribution >= 4 is 5.82 Å². The maximum Gasteiger partial charge on any atom is 0.170 e. The van der Waals surface area contributed by atoms with E-state index in [4.69, 9.17) is 0 Å². The largest absolute Gasteiger partial charge is 0.353 e. The highest BCUT2D eigenvalue weighted by atomic mass is 19.1. The van der Waals surface area contributed by atoms with Crippen LogP contribution in [0.25, 0.3) is 0 Å². The quantitative estimate of drug-likeness (QED) is 0.886. The predicted octanol–water partition coefficient (Wildman–Crippen LogP) is 2.50. The van der Waals surface area contributed by atoms with E-state index in [1.165, 1.54) is 12.8 Å². The Morgan fingerprint density at radius 3 is 2.90 bits per heavy atom. The van der Waals surface area contributed by atoms with Crippen molar-refractivity contribution in [1.29, 1.82) is 0 Å². The van der Waals surface area contributed by atoms with Crippen molar-refractivity contribution in [2.24, 2.45) is 0 Å². The van der Waals surface area contributed by atoms with E-state index >= 15 is 0 Å². The molecule has 4 nitrogen and oxygen atoms in total. The summed E-state index contributed by atoms with van der Waals surface area (Å²) in [6.07, 6.45) is 7.57. The minimum Gasteiger partial charge on any atom is -0.353 e. The minimum absolute atomic E-state index is 0.239. The molecule has 0 amide bonds. The fourth-order valence-corrected chi connectivity index (χ4v) is 2.26. The van der Waals surface area contributed by atoms with E-state index in [9.17, 15) is 4.39 Å². The van der Waals surface area contributed by atoms with E-state index in [0.717, 1.165) is 5.56 Å². The Bertz CT molecular complexity index is 598. The van der Waals surface area contributed by atoms with Gasteiger partial charge in [0.1, 0.15) is 0 Å². The second kappa shape index (κ2) is 6.18. The van der Waals surface area contributed by atoms with Crippen molar-refractivity contribution in [1.82, 2.24) is 15.3 Å². The van der Waals surface area contributed by atoms with Crippen LogP contribution < -0.4 is 10.2 Å². The number of anilines is 1. The first-order valence-corrected chi connectivity index (χ1v) is 7.21. The topological polar surface area (TPSA) is 41.1 Å². The number of pyridine rings is 2. The van der Waals surface area contributed by atoms with Crippen LogP contribution in [-0.4, -0.2) is 23.1 Å². The number of hydrogen-bond acceptors (Lipinski definition) is 4. The molecule has 0 spiro atoms. The summed E-state index contributed by atoms with van der Waals surface area (Å²) in [7, 11) is 1.84. The van der Waals surface area contributed by atoms with E-state index in [2.05, 4.69) is 15.3 Å². The third kappa shape index (κ3) is 3.55. The van der Waals surface area contributed by atoms with E-state index in [0.29, 0.717) is 30.5 Å². The van der Waals surface area contributed by atoms with Crippen LogP contribution in [-0.2, 0) is 13.1 Å². The van der Waals surface area contributed by atoms with Gasteiger partial charge in [-0.15, -0.1) is 0 Å². The molecule has 5 heteroatoms. The van der Waals surface area contributed by atoms with E-state index in [1.54, 1.807) is 24.7 Å². The summed E-state index contributed by atoms with van der Waals surface area (Å²) in [4.78, 5) is 10.1. The molecule has 1 aliphatic carbocycles. The zero-order chi connectivity index (χ0) is 14.7. The van der Waals surface area contributed by atoms with Gasteiger partial charge in [0, 0.05) is 50.3 Å². The Hall–Kier alpha value is -2.01. The number of rotatable bonds is 6. The summed E-state index contributed by atoms with van der Waals surface area (Å²) in [6, 6.07) is 6.16. The smallest absolute Gasteiger partial charge is 0.170 e. The standard InChI is InChI=1S/C16H19FN4/c1-21(11-12-3-2-7-18-9-12)16-15(17)13(6-8-19-16)10-20-14-4-5-14/h2-3,6-9,14,20H,4-5,10-11H2,1H3. The van der Waals surface area contributed by atoms with Gasteiger partial charge < -0.3 is 10.2 Å². The first-order valence-electron chi connectivity index (χ1n) is 7.21. The molecule has 0 aromatic carbocycles. The first kappa shape index (κ1) is 13.9. The maximum absolute atomic E-state index is 14.5. The van der Waals surface area contributed by atoms with E-state index in [-0.39, 0.29) is 5.82 Å². The molecule has 0 bridgehead atoms. The van der Waals surface area contributed by atoms with Crippen LogP contribution in [0.15, 0.2) is 36.8 Å². The van der Waals surface area contributed by atoms with Crippen LogP contribution in [0.1, 0.15) is 24.0 Å². The minimum atomic E-state index is -0.239. The summed E-state index contributed by atoms with van der Waals surface area (Å²) in [5.74, 6) is 0.144. The van der Waals surface area contributed by atoms with Gasteiger partial charge in [-0.05, 0) is 30.5 Å². The lowest BCUT2D eigenvalue weighted by Gasteiger charge is -2.19. The average Bonchev–Trinajstić information content (AvgIpc) is 3.31. The van der Waals surface area contributed by atoms with Crippen LogP contribution in [0.5, 0.6) is 0 Å². The maximum atomic E-state index is 14.5. The Morgan fingerprint density at radius 2 is 2.19 bits per heavy atom. The van der Waals surface area contributed by atoms with Crippen molar-refractivity contribution < 1.29 is 4.39 Å². The number of halogens is 1. The summed E-state index contributed by atoms with van der Waals surface area (Å²) >= 11 is 0. The Morgan fingerprint density at radius 1 is 1.33 bits per heavy atom. The molecule has 0 radical (unpaired) electrons. The monoisotopic (exact) mass is 286 g/mol. The molecule has 2 aromatic rings. The van der Waals surface area contributed by atoms with Crippen LogP contribution in [0.2, 0.25) is 0 Å². The highest BCUT2D eigenvalue weighted by Crippen LogP contribution is 2.22. The van der Waals surface area contributed by atoms with Crippen molar-refractivity contribution in [3.05, 3.63) is 53.7 Å². The fourth-order valence-electron chi connectivity index (χ4n) is 2.26. The van der Waals surface area contributed by atoms with Gasteiger partial charge in [-0.1, -0.05) is 6.07 Å². The summed E-state index contributed by atoms with van der Waals surface area (Å²) < 4.78 is 14.5. The van der Waals surface area contributed by atoms with Gasteiger partial charge in [-0.25, -0.2) is 9.37 Å². The zero-order valence-electron chi connectivity index (χ0n) is 12.1. The van der Waals surface area contributed by atoms with Crippen molar-refractivity contribution in [3.63, 3.8) is 0 Å². The molecule has 0 aliphatic heterocycles. The molecule has 0 unspecified atom stereocenters. The predicted molar refractivity (Wildman–Crippen MR) is 80.4 cm³/mol. The van der Waals surface area contributed by atoms with Gasteiger partial charge >= 0.3 is 0 Å². The zero-order valence-corrected chi connectivity index (χ0v) is 12.1. The lowest BCUT2D eigenvalue weighted by molar-refractivity contribution is 0.577. The molecule has 0 saturated heterocycles. The number of nitrogens with one attached hydrogen (secondary N) is 1. The highest BCUT2D eigenvalue weighted by molar-refractivity contribution is 5.43. The fraction of sp³-hybridized carbons (Fsp3) is 0.375. The van der Waals surface area contributed by atoms with Crippen molar-refractivity contribution in [3.8, 4) is 0 Å². The molecular formula is C16H19FN4. The Labute approximate surface area is 124 Å². The third-order valence-electron chi connectivity index (χ3n) is 3.61. The lowest BCUT2D eigenvalue weighted by Crippen LogP contribution is -2.21. The van der Waals surface area contributed by atoms with Crippen molar-refractivity contribution in [2.45, 2.75) is 32.0 Å². The van der Waals surface area contributed by atoms with Gasteiger partial charge in [0.15, 0.2) is 11.6 Å². The molecule has 2 aromatic heterocycles. The number of nitrogens with zero attached hydrogens (tertiary/aromatic N) is 3. The average molecular weight is 286 g/mol. The SMILES string of the molecule is CN(Cc1cccnc1)c1nccc(CNC2CC2)c1F. The second-order valence-electron chi connectivity index (χ2n) is 5.48. The second-order valence-corrected chi connectivity index (χ2v) is 5.48. The molecule has 1 fully saturated rings. The number of aromatic nitrogens is 2. The molecule has 0 atom stereocenters. The Balaban J connectivity index is 1.72. The first-order chi connectivity index (χ1) is 10.2. The van der Waals surface area contributed by atoms with Crippen LogP contribution >= 0.6 is 0 Å². The van der Waals surface area contributed by atoms with E-state index in [1.807, 2.05) is 24.1 Å². The van der Waals surface area contributed by atoms with Gasteiger partial charge in [0.2, 0.25) is 0 Å². The molecule has 2 heterocycles. The molecule has 3 rings (SSSR count). The summed E-state index contributed by atoms with van der Waals surface area (Å²) in [5.41, 5.74) is 1.70. The van der Waals surface area contributed by atoms with Crippen LogP contribution in [0, 0.1) is 5.82 Å². The summed E-state index contributed by atoms with van der Waals surface area (Å²) in [5, 5.41) is 3.33. The van der Waals surface area contributed by atoms with Crippen LogP contribution in [0.3, 0.4) is 0 Å². The molecule has 1 saturated carbocycles. The molecule has 1 N–H and O–H groups in total. The lowest BCUT2D eigenvalue weighted by atomic mass is 10.2. The van der Waals surface area contributed by atoms with Crippen molar-refractivity contribution in [2.75, 3.05) is 11.9 Å². The highest BCUT2D eigenvalue weighted by Gasteiger charge is 2.21. The normalized spacial score (nSPS) is 14.2. The summed E-state index contributed by atoms with van der Waals surface area (Å²) in [6.45, 7) is 1.14. The Kier molecular flexibility index (Phi) is 4.10. The molecular weight excluding hydrogens is 267 g/mol. The van der Waals surface area contributed by atoms with Gasteiger partial charge in [-0.2, -0.15) is 0 Å². The van der Waals surface area contributed by atoms with Gasteiger partial charge in [-0.3, -0.25) is 4.98 Å². The third-order valence-corrected chi connectivity index (χ3v) is 3.61. The van der Waals surface area contributed by atoms with Gasteiger partial charge in [0.05, 0.1) is 0 Å². The molecule has 21 heavy (non-hydrogen) atoms. The molecule has 1 aliphatic rings. The molecule has 110 valence electrons.